The molecule has 1 aliphatic rings. The number of carbonyl (C=O) groups is 2. The lowest BCUT2D eigenvalue weighted by atomic mass is 9.71. The summed E-state index contributed by atoms with van der Waals surface area (Å²) in [7, 11) is 4.39. The molecule has 1 atom stereocenters. The standard InChI is InChI=1S/C34H40FN3O5/c1-33(25-12-8-9-13-26(25)35,22-27(36)30(39)23-20-28(41-2)31(43-4)29(21-23)42-3)14-17-38-18-15-34(16-19-38,32(37)40)24-10-6-5-7-11-24/h5-13,20-21,36H,14-19,22H2,1-4H3,(H2,37,40). The number of Topliss-reactive ketones (excluding diaryl/α,β-unsaturated/α-hetero) is 1. The number of halogens is 1. The number of nitrogens with one attached hydrogen (secondary N) is 1. The van der Waals surface area contributed by atoms with Crippen molar-refractivity contribution < 1.29 is 28.2 Å². The monoisotopic (exact) mass is 589 g/mol. The maximum Gasteiger partial charge on any atom is 0.228 e. The van der Waals surface area contributed by atoms with Crippen molar-refractivity contribution in [3.05, 3.63) is 89.2 Å². The van der Waals surface area contributed by atoms with Gasteiger partial charge in [-0.15, -0.1) is 0 Å². The number of methoxy groups -OCH3 is 3. The Balaban J connectivity index is 1.54. The molecule has 1 fully saturated rings. The van der Waals surface area contributed by atoms with Gasteiger partial charge in [-0.3, -0.25) is 9.59 Å². The van der Waals surface area contributed by atoms with Crippen LogP contribution >= 0.6 is 0 Å². The normalized spacial score (nSPS) is 16.1. The fourth-order valence-corrected chi connectivity index (χ4v) is 6.12. The number of carbonyl (C=O) groups excluding carboxylic acids is 2. The number of ketones is 1. The first kappa shape index (κ1) is 31.7. The number of amides is 1. The van der Waals surface area contributed by atoms with E-state index in [-0.39, 0.29) is 29.4 Å². The molecule has 1 heterocycles. The quantitative estimate of drug-likeness (QED) is 0.206. The highest BCUT2D eigenvalue weighted by molar-refractivity contribution is 6.45. The van der Waals surface area contributed by atoms with Crippen LogP contribution in [-0.2, 0) is 15.6 Å². The van der Waals surface area contributed by atoms with E-state index < -0.39 is 16.6 Å². The van der Waals surface area contributed by atoms with Crippen LogP contribution in [-0.4, -0.2) is 63.3 Å². The van der Waals surface area contributed by atoms with E-state index in [4.69, 9.17) is 25.4 Å². The molecule has 0 bridgehead atoms. The van der Waals surface area contributed by atoms with Crippen LogP contribution < -0.4 is 19.9 Å². The lowest BCUT2D eigenvalue weighted by Crippen LogP contribution is -2.50. The molecule has 0 aromatic heterocycles. The van der Waals surface area contributed by atoms with Gasteiger partial charge in [0.05, 0.1) is 32.5 Å². The molecule has 0 aliphatic carbocycles. The van der Waals surface area contributed by atoms with Gasteiger partial charge in [-0.1, -0.05) is 55.5 Å². The van der Waals surface area contributed by atoms with Crippen LogP contribution in [0.4, 0.5) is 4.39 Å². The Bertz CT molecular complexity index is 1440. The average molecular weight is 590 g/mol. The molecule has 1 saturated heterocycles. The Labute approximate surface area is 252 Å². The van der Waals surface area contributed by atoms with Crippen LogP contribution in [0.1, 0.15) is 54.1 Å². The Morgan fingerprint density at radius 3 is 2.07 bits per heavy atom. The molecule has 1 unspecified atom stereocenters. The number of nitrogens with two attached hydrogens (primary N) is 1. The highest BCUT2D eigenvalue weighted by Crippen LogP contribution is 2.40. The molecule has 1 aliphatic heterocycles. The third kappa shape index (κ3) is 6.57. The molecular formula is C34H40FN3O5. The zero-order valence-corrected chi connectivity index (χ0v) is 25.2. The summed E-state index contributed by atoms with van der Waals surface area (Å²) in [6.45, 7) is 3.78. The molecular weight excluding hydrogens is 549 g/mol. The van der Waals surface area contributed by atoms with Crippen molar-refractivity contribution in [2.24, 2.45) is 5.73 Å². The first-order chi connectivity index (χ1) is 20.6. The van der Waals surface area contributed by atoms with Crippen LogP contribution in [0.15, 0.2) is 66.7 Å². The van der Waals surface area contributed by atoms with Crippen molar-refractivity contribution in [2.75, 3.05) is 41.0 Å². The molecule has 3 N–H and O–H groups in total. The molecule has 0 saturated carbocycles. The molecule has 1 amide bonds. The SMILES string of the molecule is COc1cc(C(=O)C(=N)CC(C)(CCN2CCC(C(N)=O)(c3ccccc3)CC2)c2ccccc2F)cc(OC)c1OC. The van der Waals surface area contributed by atoms with E-state index in [0.717, 1.165) is 5.56 Å². The fourth-order valence-electron chi connectivity index (χ4n) is 6.12. The van der Waals surface area contributed by atoms with Crippen LogP contribution in [0.3, 0.4) is 0 Å². The Morgan fingerprint density at radius 2 is 1.53 bits per heavy atom. The van der Waals surface area contributed by atoms with Crippen LogP contribution in [0.25, 0.3) is 0 Å². The summed E-state index contributed by atoms with van der Waals surface area (Å²) in [4.78, 5) is 28.4. The zero-order valence-electron chi connectivity index (χ0n) is 25.2. The third-order valence-electron chi connectivity index (χ3n) is 8.78. The molecule has 43 heavy (non-hydrogen) atoms. The van der Waals surface area contributed by atoms with E-state index in [1.165, 1.54) is 39.5 Å². The number of piperidine rings is 1. The van der Waals surface area contributed by atoms with Gasteiger partial charge in [0, 0.05) is 17.4 Å². The van der Waals surface area contributed by atoms with Crippen molar-refractivity contribution in [3.63, 3.8) is 0 Å². The number of hydrogen-bond acceptors (Lipinski definition) is 7. The summed E-state index contributed by atoms with van der Waals surface area (Å²) in [5, 5.41) is 8.83. The minimum atomic E-state index is -0.851. The summed E-state index contributed by atoms with van der Waals surface area (Å²) in [6.07, 6.45) is 1.68. The topological polar surface area (TPSA) is 115 Å². The molecule has 4 rings (SSSR count). The van der Waals surface area contributed by atoms with Gasteiger partial charge in [-0.25, -0.2) is 4.39 Å². The first-order valence-corrected chi connectivity index (χ1v) is 14.3. The maximum absolute atomic E-state index is 15.2. The van der Waals surface area contributed by atoms with Crippen molar-refractivity contribution in [1.82, 2.24) is 4.90 Å². The summed E-state index contributed by atoms with van der Waals surface area (Å²) in [5.74, 6) is -0.251. The van der Waals surface area contributed by atoms with Crippen molar-refractivity contribution in [2.45, 2.75) is 43.4 Å². The van der Waals surface area contributed by atoms with Gasteiger partial charge in [-0.2, -0.15) is 0 Å². The summed E-state index contributed by atoms with van der Waals surface area (Å²) in [6, 6.07) is 19.2. The lowest BCUT2D eigenvalue weighted by molar-refractivity contribution is -0.125. The average Bonchev–Trinajstić information content (AvgIpc) is 3.03. The molecule has 228 valence electrons. The zero-order chi connectivity index (χ0) is 31.2. The number of ether oxygens (including phenoxy) is 3. The molecule has 0 radical (unpaired) electrons. The van der Waals surface area contributed by atoms with Gasteiger partial charge in [0.1, 0.15) is 5.82 Å². The fraction of sp³-hybridized carbons (Fsp3) is 0.382. The highest BCUT2D eigenvalue weighted by atomic mass is 19.1. The Kier molecular flexibility index (Phi) is 9.86. The molecule has 8 nitrogen and oxygen atoms in total. The largest absolute Gasteiger partial charge is 0.493 e. The summed E-state index contributed by atoms with van der Waals surface area (Å²) < 4.78 is 31.3. The number of benzene rings is 3. The summed E-state index contributed by atoms with van der Waals surface area (Å²) >= 11 is 0. The van der Waals surface area contributed by atoms with Crippen LogP contribution in [0, 0.1) is 11.2 Å². The van der Waals surface area contributed by atoms with Crippen molar-refractivity contribution in [1.29, 1.82) is 5.41 Å². The van der Waals surface area contributed by atoms with E-state index in [2.05, 4.69) is 4.90 Å². The third-order valence-corrected chi connectivity index (χ3v) is 8.78. The van der Waals surface area contributed by atoms with Crippen molar-refractivity contribution >= 4 is 17.4 Å². The number of hydrogen-bond donors (Lipinski definition) is 2. The van der Waals surface area contributed by atoms with E-state index in [1.807, 2.05) is 37.3 Å². The predicted octanol–water partition coefficient (Wildman–Crippen LogP) is 5.31. The number of likely N-dealkylation sites (tertiary alicyclic amines) is 1. The van der Waals surface area contributed by atoms with E-state index >= 15 is 4.39 Å². The van der Waals surface area contributed by atoms with E-state index in [1.54, 1.807) is 18.2 Å². The Hall–Kier alpha value is -4.24. The van der Waals surface area contributed by atoms with Gasteiger partial charge in [0.25, 0.3) is 0 Å². The second-order valence-electron chi connectivity index (χ2n) is 11.3. The minimum Gasteiger partial charge on any atom is -0.493 e. The number of rotatable bonds is 13. The second-order valence-corrected chi connectivity index (χ2v) is 11.3. The number of nitrogens with zero attached hydrogens (tertiary/aromatic N) is 1. The van der Waals surface area contributed by atoms with Gasteiger partial charge in [-0.05, 0) is 68.2 Å². The first-order valence-electron chi connectivity index (χ1n) is 14.3. The van der Waals surface area contributed by atoms with Gasteiger partial charge < -0.3 is 30.3 Å². The highest BCUT2D eigenvalue weighted by Gasteiger charge is 2.42. The van der Waals surface area contributed by atoms with Crippen LogP contribution in [0.5, 0.6) is 17.2 Å². The molecule has 3 aromatic carbocycles. The van der Waals surface area contributed by atoms with Crippen molar-refractivity contribution in [3.8, 4) is 17.2 Å². The van der Waals surface area contributed by atoms with E-state index in [9.17, 15) is 9.59 Å². The number of primary amides is 1. The lowest BCUT2D eigenvalue weighted by Gasteiger charge is -2.41. The maximum atomic E-state index is 15.2. The molecule has 3 aromatic rings. The van der Waals surface area contributed by atoms with E-state index in [0.29, 0.717) is 61.7 Å². The van der Waals surface area contributed by atoms with Gasteiger partial charge in [0.15, 0.2) is 11.5 Å². The second kappa shape index (κ2) is 13.4. The van der Waals surface area contributed by atoms with Crippen LogP contribution in [0.2, 0.25) is 0 Å². The van der Waals surface area contributed by atoms with Gasteiger partial charge >= 0.3 is 0 Å². The Morgan fingerprint density at radius 1 is 0.953 bits per heavy atom. The molecule has 9 heteroatoms. The summed E-state index contributed by atoms with van der Waals surface area (Å²) in [5.41, 5.74) is 5.79. The smallest absolute Gasteiger partial charge is 0.228 e. The van der Waals surface area contributed by atoms with Gasteiger partial charge in [0.2, 0.25) is 17.4 Å². The molecule has 0 spiro atoms. The predicted molar refractivity (Wildman–Crippen MR) is 164 cm³/mol. The minimum absolute atomic E-state index is 0.0203.